The Bertz CT molecular complexity index is 1550. The number of rotatable bonds is 7. The number of alkyl halides is 3. The van der Waals surface area contributed by atoms with Crippen LogP contribution in [-0.2, 0) is 9.53 Å². The van der Waals surface area contributed by atoms with Crippen molar-refractivity contribution < 1.29 is 36.8 Å². The van der Waals surface area contributed by atoms with Crippen molar-refractivity contribution >= 4 is 40.2 Å². The van der Waals surface area contributed by atoms with Crippen LogP contribution in [0.4, 0.5) is 24.7 Å². The molecule has 3 heterocycles. The lowest BCUT2D eigenvalue weighted by atomic mass is 10.1. The number of esters is 1. The zero-order valence-corrected chi connectivity index (χ0v) is 21.4. The van der Waals surface area contributed by atoms with Crippen LogP contribution in [0.15, 0.2) is 53.4 Å². The molecule has 2 aromatic heterocycles. The topological polar surface area (TPSA) is 159 Å². The summed E-state index contributed by atoms with van der Waals surface area (Å²) >= 11 is 0. The molecule has 0 radical (unpaired) electrons. The van der Waals surface area contributed by atoms with Gasteiger partial charge in [0, 0.05) is 48.4 Å². The number of piperazine rings is 1. The molecule has 2 aromatic carbocycles. The summed E-state index contributed by atoms with van der Waals surface area (Å²) in [6.45, 7) is 3.67. The van der Waals surface area contributed by atoms with E-state index in [1.807, 2.05) is 12.1 Å². The minimum absolute atomic E-state index is 0.0394. The van der Waals surface area contributed by atoms with Crippen LogP contribution in [0.1, 0.15) is 32.8 Å². The molecule has 3 N–H and O–H groups in total. The van der Waals surface area contributed by atoms with Crippen LogP contribution in [-0.4, -0.2) is 82.4 Å². The molecule has 1 atom stereocenters. The number of ether oxygens (including phenoxy) is 1. The smallest absolute Gasteiger partial charge is 0.427 e. The molecule has 1 unspecified atom stereocenters. The van der Waals surface area contributed by atoms with E-state index in [9.17, 15) is 27.6 Å². The van der Waals surface area contributed by atoms with Crippen molar-refractivity contribution in [2.45, 2.75) is 12.4 Å². The SMILES string of the molecule is CN1CCN(c2ccc(C(=O)Nc3n[nH]c4ccc(C(=O)NC(OC(=O)C(F)(F)F)c5ncon5)cc34)cc2)CC1. The summed E-state index contributed by atoms with van der Waals surface area (Å²) in [4.78, 5) is 45.2. The Hall–Kier alpha value is -4.99. The maximum absolute atomic E-state index is 12.9. The number of halogens is 3. The van der Waals surface area contributed by atoms with E-state index >= 15 is 0 Å². The quantitative estimate of drug-likeness (QED) is 0.222. The van der Waals surface area contributed by atoms with E-state index in [1.54, 1.807) is 12.1 Å². The van der Waals surface area contributed by atoms with Gasteiger partial charge in [-0.1, -0.05) is 5.16 Å². The van der Waals surface area contributed by atoms with Crippen molar-refractivity contribution in [3.05, 3.63) is 65.8 Å². The Morgan fingerprint density at radius 2 is 1.73 bits per heavy atom. The molecule has 13 nitrogen and oxygen atoms in total. The number of benzene rings is 2. The molecular formula is C25H23F3N8O5. The van der Waals surface area contributed by atoms with Crippen LogP contribution in [0.3, 0.4) is 0 Å². The van der Waals surface area contributed by atoms with E-state index in [-0.39, 0.29) is 11.4 Å². The minimum Gasteiger partial charge on any atom is -0.427 e. The van der Waals surface area contributed by atoms with Gasteiger partial charge in [-0.15, -0.1) is 0 Å². The van der Waals surface area contributed by atoms with Gasteiger partial charge in [-0.25, -0.2) is 4.79 Å². The van der Waals surface area contributed by atoms with Gasteiger partial charge in [0.05, 0.1) is 5.52 Å². The molecular weight excluding hydrogens is 549 g/mol. The third-order valence-electron chi connectivity index (χ3n) is 6.39. The highest BCUT2D eigenvalue weighted by molar-refractivity contribution is 6.09. The first kappa shape index (κ1) is 27.6. The average Bonchev–Trinajstić information content (AvgIpc) is 3.63. The number of anilines is 2. The lowest BCUT2D eigenvalue weighted by molar-refractivity contribution is -0.206. The van der Waals surface area contributed by atoms with E-state index in [1.165, 1.54) is 18.2 Å². The Balaban J connectivity index is 1.30. The molecule has 16 heteroatoms. The number of hydrogen-bond acceptors (Lipinski definition) is 10. The number of carbonyl (C=O) groups excluding carboxylic acids is 3. The molecule has 41 heavy (non-hydrogen) atoms. The van der Waals surface area contributed by atoms with Crippen LogP contribution in [0.2, 0.25) is 0 Å². The molecule has 1 fully saturated rings. The number of fused-ring (bicyclic) bond motifs is 1. The maximum Gasteiger partial charge on any atom is 0.491 e. The first-order valence-electron chi connectivity index (χ1n) is 12.3. The Labute approximate surface area is 229 Å². The summed E-state index contributed by atoms with van der Waals surface area (Å²) in [6.07, 6.45) is -6.51. The maximum atomic E-state index is 12.9. The zero-order valence-electron chi connectivity index (χ0n) is 21.4. The van der Waals surface area contributed by atoms with Gasteiger partial charge in [0.15, 0.2) is 5.82 Å². The molecule has 5 rings (SSSR count). The van der Waals surface area contributed by atoms with Crippen molar-refractivity contribution in [1.82, 2.24) is 30.6 Å². The van der Waals surface area contributed by atoms with E-state index in [0.717, 1.165) is 38.3 Å². The monoisotopic (exact) mass is 572 g/mol. The number of aromatic amines is 1. The number of H-pyrrole nitrogens is 1. The van der Waals surface area contributed by atoms with Gasteiger partial charge in [-0.05, 0) is 49.5 Å². The number of nitrogens with zero attached hydrogens (tertiary/aromatic N) is 5. The lowest BCUT2D eigenvalue weighted by Crippen LogP contribution is -2.44. The lowest BCUT2D eigenvalue weighted by Gasteiger charge is -2.34. The predicted octanol–water partition coefficient (Wildman–Crippen LogP) is 2.48. The van der Waals surface area contributed by atoms with E-state index in [2.05, 4.69) is 57.1 Å². The molecule has 1 aliphatic rings. The molecule has 1 saturated heterocycles. The molecule has 0 bridgehead atoms. The second kappa shape index (κ2) is 11.2. The summed E-state index contributed by atoms with van der Waals surface area (Å²) in [7, 11) is 2.07. The standard InChI is InChI=1S/C25H23F3N8O5/c1-35-8-10-36(11-9-35)16-5-2-14(3-6-16)21(37)30-19-17-12-15(4-7-18(17)32-33-19)22(38)31-23(20-29-13-40-34-20)41-24(39)25(26,27)28/h2-7,12-13,23H,8-11H2,1H3,(H,31,38)(H2,30,32,33,37). The molecule has 0 saturated carbocycles. The van der Waals surface area contributed by atoms with Gasteiger partial charge in [-0.3, -0.25) is 14.7 Å². The van der Waals surface area contributed by atoms with Crippen LogP contribution in [0.5, 0.6) is 0 Å². The van der Waals surface area contributed by atoms with Gasteiger partial charge in [0.2, 0.25) is 18.4 Å². The Morgan fingerprint density at radius 1 is 1.02 bits per heavy atom. The highest BCUT2D eigenvalue weighted by Gasteiger charge is 2.43. The van der Waals surface area contributed by atoms with Gasteiger partial charge in [0.25, 0.3) is 11.8 Å². The van der Waals surface area contributed by atoms with E-state index < -0.39 is 36.0 Å². The number of likely N-dealkylation sites (N-methyl/N-ethyl adjacent to an activating group) is 1. The highest BCUT2D eigenvalue weighted by Crippen LogP contribution is 2.25. The van der Waals surface area contributed by atoms with Gasteiger partial charge >= 0.3 is 12.1 Å². The minimum atomic E-state index is -5.32. The number of nitrogens with one attached hydrogen (secondary N) is 3. The molecule has 0 spiro atoms. The molecule has 0 aliphatic carbocycles. The molecule has 1 aliphatic heterocycles. The number of carbonyl (C=O) groups is 3. The van der Waals surface area contributed by atoms with E-state index in [4.69, 9.17) is 0 Å². The number of aromatic nitrogens is 4. The summed E-state index contributed by atoms with van der Waals surface area (Å²) in [5.41, 5.74) is 1.83. The summed E-state index contributed by atoms with van der Waals surface area (Å²) in [5.74, 6) is -4.29. The third-order valence-corrected chi connectivity index (χ3v) is 6.39. The van der Waals surface area contributed by atoms with Crippen LogP contribution in [0.25, 0.3) is 10.9 Å². The molecule has 214 valence electrons. The third kappa shape index (κ3) is 6.27. The highest BCUT2D eigenvalue weighted by atomic mass is 19.4. The first-order chi connectivity index (χ1) is 19.6. The fourth-order valence-corrected chi connectivity index (χ4v) is 4.14. The predicted molar refractivity (Wildman–Crippen MR) is 137 cm³/mol. The Morgan fingerprint density at radius 3 is 2.39 bits per heavy atom. The number of amides is 2. The van der Waals surface area contributed by atoms with Crippen molar-refractivity contribution in [2.24, 2.45) is 0 Å². The van der Waals surface area contributed by atoms with Gasteiger partial charge in [0.1, 0.15) is 0 Å². The fourth-order valence-electron chi connectivity index (χ4n) is 4.14. The Kier molecular flexibility index (Phi) is 7.56. The normalized spacial score (nSPS) is 15.0. The van der Waals surface area contributed by atoms with Gasteiger partial charge < -0.3 is 29.7 Å². The van der Waals surface area contributed by atoms with Gasteiger partial charge in [-0.2, -0.15) is 23.3 Å². The van der Waals surface area contributed by atoms with Crippen molar-refractivity contribution in [2.75, 3.05) is 43.4 Å². The van der Waals surface area contributed by atoms with E-state index in [0.29, 0.717) is 16.5 Å². The summed E-state index contributed by atoms with van der Waals surface area (Å²) in [5, 5.41) is 15.3. The summed E-state index contributed by atoms with van der Waals surface area (Å²) in [6, 6.07) is 11.4. The molecule has 2 amide bonds. The second-order valence-corrected chi connectivity index (χ2v) is 9.17. The van der Waals surface area contributed by atoms with Crippen molar-refractivity contribution in [3.63, 3.8) is 0 Å². The first-order valence-corrected chi connectivity index (χ1v) is 12.3. The molecule has 4 aromatic rings. The largest absolute Gasteiger partial charge is 0.491 e. The average molecular weight is 573 g/mol. The summed E-state index contributed by atoms with van der Waals surface area (Å²) < 4.78 is 47.0. The van der Waals surface area contributed by atoms with Crippen LogP contribution < -0.4 is 15.5 Å². The van der Waals surface area contributed by atoms with Crippen LogP contribution in [0, 0.1) is 0 Å². The van der Waals surface area contributed by atoms with Crippen molar-refractivity contribution in [1.29, 1.82) is 0 Å². The van der Waals surface area contributed by atoms with Crippen molar-refractivity contribution in [3.8, 4) is 0 Å². The van der Waals surface area contributed by atoms with Crippen LogP contribution >= 0.6 is 0 Å². The zero-order chi connectivity index (χ0) is 29.1. The fraction of sp³-hybridized carbons (Fsp3) is 0.280. The second-order valence-electron chi connectivity index (χ2n) is 9.17. The number of hydrogen-bond donors (Lipinski definition) is 3.